The van der Waals surface area contributed by atoms with Crippen LogP contribution >= 0.6 is 11.6 Å². The number of rotatable bonds is 6. The molecule has 2 aromatic rings. The molecule has 1 aliphatic carbocycles. The third-order valence-corrected chi connectivity index (χ3v) is 5.71. The Hall–Kier alpha value is -2.88. The molecule has 11 heteroatoms. The first kappa shape index (κ1) is 23.8. The molecule has 3 rings (SSSR count). The molecule has 0 saturated heterocycles. The zero-order valence-electron chi connectivity index (χ0n) is 17.3. The van der Waals surface area contributed by atoms with Crippen molar-refractivity contribution in [1.82, 2.24) is 14.8 Å². The normalized spacial score (nSPS) is 17.8. The smallest absolute Gasteiger partial charge is 0.387 e. The number of nitrogens with one attached hydrogen (secondary N) is 2. The van der Waals surface area contributed by atoms with Crippen molar-refractivity contribution in [3.05, 3.63) is 69.7 Å². The Balaban J connectivity index is 2.05. The minimum Gasteiger partial charge on any atom is -0.387 e. The number of benzene rings is 1. The van der Waals surface area contributed by atoms with Crippen LogP contribution < -0.4 is 11.4 Å². The SMILES string of the molecule is CC(C)(CC(C1=CCC(Cl)C=C1)c1nn(-c2ccc(C(F)(F)F)cc2F)c(=O)[nH]1)C(=N)N. The second-order valence-corrected chi connectivity index (χ2v) is 8.82. The van der Waals surface area contributed by atoms with Crippen LogP contribution in [0, 0.1) is 16.6 Å². The maximum Gasteiger partial charge on any atom is 0.416 e. The van der Waals surface area contributed by atoms with E-state index < -0.39 is 40.3 Å². The molecule has 0 spiro atoms. The van der Waals surface area contributed by atoms with Crippen molar-refractivity contribution in [1.29, 1.82) is 5.41 Å². The standard InChI is InChI=1S/C21H22ClF4N5O/c1-20(2,18(27)28)10-14(11-3-6-13(22)7-4-11)17-29-19(32)31(30-17)16-8-5-12(9-15(16)23)21(24,25)26/h3-6,8-9,13-14H,7,10H2,1-2H3,(H3,27,28)(H,29,30,32). The molecule has 2 atom stereocenters. The number of H-pyrrole nitrogens is 1. The Bertz CT molecular complexity index is 1150. The lowest BCUT2D eigenvalue weighted by molar-refractivity contribution is -0.137. The van der Waals surface area contributed by atoms with E-state index in [1.807, 2.05) is 6.08 Å². The summed E-state index contributed by atoms with van der Waals surface area (Å²) >= 11 is 6.10. The van der Waals surface area contributed by atoms with Crippen molar-refractivity contribution in [2.75, 3.05) is 0 Å². The molecule has 0 amide bonds. The molecule has 6 nitrogen and oxygen atoms in total. The molecule has 1 aromatic carbocycles. The number of nitrogens with zero attached hydrogens (tertiary/aromatic N) is 2. The number of alkyl halides is 4. The number of aromatic amines is 1. The van der Waals surface area contributed by atoms with Crippen molar-refractivity contribution in [3.63, 3.8) is 0 Å². The summed E-state index contributed by atoms with van der Waals surface area (Å²) in [5.74, 6) is -1.63. The van der Waals surface area contributed by atoms with Gasteiger partial charge in [-0.3, -0.25) is 10.4 Å². The van der Waals surface area contributed by atoms with E-state index in [-0.39, 0.29) is 17.0 Å². The van der Waals surface area contributed by atoms with Gasteiger partial charge in [-0.05, 0) is 36.6 Å². The van der Waals surface area contributed by atoms with E-state index in [9.17, 15) is 22.4 Å². The van der Waals surface area contributed by atoms with E-state index in [1.54, 1.807) is 26.0 Å². The van der Waals surface area contributed by atoms with Gasteiger partial charge in [0.2, 0.25) is 0 Å². The molecule has 1 heterocycles. The molecule has 172 valence electrons. The predicted octanol–water partition coefficient (Wildman–Crippen LogP) is 4.65. The van der Waals surface area contributed by atoms with Crippen LogP contribution in [0.15, 0.2) is 46.8 Å². The van der Waals surface area contributed by atoms with Gasteiger partial charge in [0, 0.05) is 11.3 Å². The van der Waals surface area contributed by atoms with E-state index in [0.29, 0.717) is 29.7 Å². The lowest BCUT2D eigenvalue weighted by atomic mass is 9.77. The number of nitrogens with two attached hydrogens (primary N) is 1. The molecule has 0 aliphatic heterocycles. The second kappa shape index (κ2) is 8.57. The average molecular weight is 472 g/mol. The Morgan fingerprint density at radius 3 is 2.62 bits per heavy atom. The third kappa shape index (κ3) is 4.95. The predicted molar refractivity (Wildman–Crippen MR) is 114 cm³/mol. The minimum atomic E-state index is -4.72. The van der Waals surface area contributed by atoms with Gasteiger partial charge >= 0.3 is 11.9 Å². The molecule has 0 fully saturated rings. The first-order valence-electron chi connectivity index (χ1n) is 9.73. The Kier molecular flexibility index (Phi) is 6.37. The van der Waals surface area contributed by atoms with Gasteiger partial charge in [0.1, 0.15) is 17.3 Å². The number of amidine groups is 1. The molecule has 0 radical (unpaired) electrons. The topological polar surface area (TPSA) is 101 Å². The molecule has 4 N–H and O–H groups in total. The quantitative estimate of drug-likeness (QED) is 0.247. The molecule has 1 aromatic heterocycles. The molecular formula is C21H22ClF4N5O. The zero-order valence-corrected chi connectivity index (χ0v) is 18.1. The fourth-order valence-electron chi connectivity index (χ4n) is 3.38. The summed E-state index contributed by atoms with van der Waals surface area (Å²) in [6, 6.07) is 1.86. The monoisotopic (exact) mass is 471 g/mol. The van der Waals surface area contributed by atoms with E-state index >= 15 is 0 Å². The molecular weight excluding hydrogens is 450 g/mol. The fourth-order valence-corrected chi connectivity index (χ4v) is 3.54. The van der Waals surface area contributed by atoms with Gasteiger partial charge in [0.25, 0.3) is 0 Å². The summed E-state index contributed by atoms with van der Waals surface area (Å²) in [4.78, 5) is 15.1. The molecule has 1 aliphatic rings. The summed E-state index contributed by atoms with van der Waals surface area (Å²) < 4.78 is 53.6. The number of halogens is 5. The van der Waals surface area contributed by atoms with Gasteiger partial charge in [-0.25, -0.2) is 9.18 Å². The van der Waals surface area contributed by atoms with Crippen molar-refractivity contribution < 1.29 is 17.6 Å². The first-order chi connectivity index (χ1) is 14.8. The fraction of sp³-hybridized carbons (Fsp3) is 0.381. The van der Waals surface area contributed by atoms with E-state index in [4.69, 9.17) is 22.7 Å². The van der Waals surface area contributed by atoms with Gasteiger partial charge in [-0.15, -0.1) is 16.7 Å². The molecule has 0 saturated carbocycles. The highest BCUT2D eigenvalue weighted by atomic mass is 35.5. The highest BCUT2D eigenvalue weighted by molar-refractivity contribution is 6.22. The van der Waals surface area contributed by atoms with Crippen LogP contribution in [0.5, 0.6) is 0 Å². The maximum atomic E-state index is 14.4. The summed E-state index contributed by atoms with van der Waals surface area (Å²) in [5, 5.41) is 11.9. The lowest BCUT2D eigenvalue weighted by Gasteiger charge is -2.29. The van der Waals surface area contributed by atoms with Gasteiger partial charge < -0.3 is 5.73 Å². The molecule has 2 unspecified atom stereocenters. The number of hydrogen-bond donors (Lipinski definition) is 3. The van der Waals surface area contributed by atoms with Crippen molar-refractivity contribution in [2.24, 2.45) is 11.1 Å². The van der Waals surface area contributed by atoms with Crippen LogP contribution in [0.2, 0.25) is 0 Å². The van der Waals surface area contributed by atoms with E-state index in [2.05, 4.69) is 10.1 Å². The number of aromatic nitrogens is 3. The van der Waals surface area contributed by atoms with E-state index in [0.717, 1.165) is 11.6 Å². The van der Waals surface area contributed by atoms with Crippen LogP contribution in [-0.4, -0.2) is 26.0 Å². The first-order valence-corrected chi connectivity index (χ1v) is 10.2. The Morgan fingerprint density at radius 2 is 2.09 bits per heavy atom. The van der Waals surface area contributed by atoms with E-state index in [1.165, 1.54) is 0 Å². The molecule has 32 heavy (non-hydrogen) atoms. The second-order valence-electron chi connectivity index (χ2n) is 8.26. The maximum absolute atomic E-state index is 14.4. The van der Waals surface area contributed by atoms with Crippen molar-refractivity contribution >= 4 is 17.4 Å². The van der Waals surface area contributed by atoms with Gasteiger partial charge in [0.05, 0.1) is 16.8 Å². The van der Waals surface area contributed by atoms with Crippen LogP contribution in [0.4, 0.5) is 17.6 Å². The summed E-state index contributed by atoms with van der Waals surface area (Å²) in [5.41, 5.74) is 3.37. The number of allylic oxidation sites excluding steroid dienone is 4. The van der Waals surface area contributed by atoms with Crippen LogP contribution in [0.3, 0.4) is 0 Å². The summed E-state index contributed by atoms with van der Waals surface area (Å²) in [6.45, 7) is 3.54. The average Bonchev–Trinajstić information content (AvgIpc) is 3.07. The number of hydrogen-bond acceptors (Lipinski definition) is 3. The van der Waals surface area contributed by atoms with Gasteiger partial charge in [-0.1, -0.05) is 32.1 Å². The summed E-state index contributed by atoms with van der Waals surface area (Å²) in [7, 11) is 0. The third-order valence-electron chi connectivity index (χ3n) is 5.39. The van der Waals surface area contributed by atoms with Gasteiger partial charge in [0.15, 0.2) is 0 Å². The van der Waals surface area contributed by atoms with Crippen molar-refractivity contribution in [3.8, 4) is 5.69 Å². The largest absolute Gasteiger partial charge is 0.416 e. The van der Waals surface area contributed by atoms with Gasteiger partial charge in [-0.2, -0.15) is 17.9 Å². The zero-order chi connectivity index (χ0) is 23.8. The minimum absolute atomic E-state index is 0.0614. The lowest BCUT2D eigenvalue weighted by Crippen LogP contribution is -2.33. The summed E-state index contributed by atoms with van der Waals surface area (Å²) in [6.07, 6.45) is 1.59. The van der Waals surface area contributed by atoms with Crippen molar-refractivity contribution in [2.45, 2.75) is 44.2 Å². The Labute approximate surface area is 186 Å². The highest BCUT2D eigenvalue weighted by Crippen LogP contribution is 2.37. The highest BCUT2D eigenvalue weighted by Gasteiger charge is 2.33. The van der Waals surface area contributed by atoms with Crippen LogP contribution in [0.1, 0.15) is 44.0 Å². The van der Waals surface area contributed by atoms with Crippen LogP contribution in [-0.2, 0) is 6.18 Å². The Morgan fingerprint density at radius 1 is 1.41 bits per heavy atom. The molecule has 0 bridgehead atoms. The van der Waals surface area contributed by atoms with Crippen LogP contribution in [0.25, 0.3) is 5.69 Å².